The molecular weight excluding hydrogens is 170 g/mol. The first-order chi connectivity index (χ1) is 5.02. The van der Waals surface area contributed by atoms with E-state index in [4.69, 9.17) is 5.11 Å². The molecule has 0 bridgehead atoms. The van der Waals surface area contributed by atoms with E-state index in [1.807, 2.05) is 0 Å². The molecule has 0 aromatic heterocycles. The fourth-order valence-corrected chi connectivity index (χ4v) is 2.13. The SMILES string of the molecule is O=C(O)CS(=O)(=O)C1CNC1. The number of hydrogen-bond donors (Lipinski definition) is 2. The van der Waals surface area contributed by atoms with Crippen molar-refractivity contribution in [3.8, 4) is 0 Å². The normalized spacial score (nSPS) is 19.3. The molecule has 1 aliphatic heterocycles. The fraction of sp³-hybridized carbons (Fsp3) is 0.800. The van der Waals surface area contributed by atoms with E-state index < -0.39 is 26.8 Å². The van der Waals surface area contributed by atoms with Crippen molar-refractivity contribution in [2.24, 2.45) is 0 Å². The van der Waals surface area contributed by atoms with Gasteiger partial charge in [0.1, 0.15) is 5.75 Å². The first-order valence-corrected chi connectivity index (χ1v) is 4.88. The zero-order chi connectivity index (χ0) is 8.48. The van der Waals surface area contributed by atoms with Gasteiger partial charge in [-0.15, -0.1) is 0 Å². The van der Waals surface area contributed by atoms with E-state index in [0.717, 1.165) is 0 Å². The van der Waals surface area contributed by atoms with Crippen molar-refractivity contribution >= 4 is 15.8 Å². The van der Waals surface area contributed by atoms with Gasteiger partial charge >= 0.3 is 5.97 Å². The van der Waals surface area contributed by atoms with Gasteiger partial charge in [0.25, 0.3) is 0 Å². The Bertz CT molecular complexity index is 254. The monoisotopic (exact) mass is 179 g/mol. The summed E-state index contributed by atoms with van der Waals surface area (Å²) in [5, 5.41) is 10.5. The van der Waals surface area contributed by atoms with Crippen LogP contribution in [0.25, 0.3) is 0 Å². The van der Waals surface area contributed by atoms with Crippen LogP contribution in [-0.2, 0) is 14.6 Å². The Kier molecular flexibility index (Phi) is 2.15. The summed E-state index contributed by atoms with van der Waals surface area (Å²) in [6, 6.07) is 0. The van der Waals surface area contributed by atoms with E-state index in [2.05, 4.69) is 5.32 Å². The van der Waals surface area contributed by atoms with Crippen LogP contribution in [-0.4, -0.2) is 43.6 Å². The molecule has 0 atom stereocenters. The topological polar surface area (TPSA) is 83.5 Å². The lowest BCUT2D eigenvalue weighted by molar-refractivity contribution is -0.134. The summed E-state index contributed by atoms with van der Waals surface area (Å²) in [7, 11) is -3.38. The lowest BCUT2D eigenvalue weighted by atomic mass is 10.3. The minimum Gasteiger partial charge on any atom is -0.480 e. The van der Waals surface area contributed by atoms with Gasteiger partial charge in [-0.1, -0.05) is 0 Å². The van der Waals surface area contributed by atoms with Crippen molar-refractivity contribution in [1.29, 1.82) is 0 Å². The highest BCUT2D eigenvalue weighted by atomic mass is 32.2. The number of rotatable bonds is 3. The number of carboxylic acid groups (broad SMARTS) is 1. The predicted molar refractivity (Wildman–Crippen MR) is 38.1 cm³/mol. The average molecular weight is 179 g/mol. The molecule has 0 aromatic rings. The molecule has 1 saturated heterocycles. The van der Waals surface area contributed by atoms with Gasteiger partial charge in [0.2, 0.25) is 0 Å². The highest BCUT2D eigenvalue weighted by Gasteiger charge is 2.32. The summed E-state index contributed by atoms with van der Waals surface area (Å²) in [4.78, 5) is 10.1. The number of carboxylic acids is 1. The van der Waals surface area contributed by atoms with Gasteiger partial charge in [0, 0.05) is 13.1 Å². The minimum absolute atomic E-state index is 0.385. The molecular formula is C5H9NO4S. The summed E-state index contributed by atoms with van der Waals surface area (Å²) < 4.78 is 22.0. The van der Waals surface area contributed by atoms with Crippen LogP contribution in [0.15, 0.2) is 0 Å². The second-order valence-corrected chi connectivity index (χ2v) is 4.76. The molecule has 0 unspecified atom stereocenters. The third kappa shape index (κ3) is 1.90. The van der Waals surface area contributed by atoms with Gasteiger partial charge in [-0.3, -0.25) is 4.79 Å². The Hall–Kier alpha value is -0.620. The van der Waals surface area contributed by atoms with E-state index in [-0.39, 0.29) is 0 Å². The molecule has 0 amide bonds. The van der Waals surface area contributed by atoms with Gasteiger partial charge in [0.05, 0.1) is 5.25 Å². The fourth-order valence-electron chi connectivity index (χ4n) is 0.806. The zero-order valence-corrected chi connectivity index (χ0v) is 6.60. The van der Waals surface area contributed by atoms with Gasteiger partial charge < -0.3 is 10.4 Å². The summed E-state index contributed by atoms with van der Waals surface area (Å²) in [5.41, 5.74) is 0. The highest BCUT2D eigenvalue weighted by Crippen LogP contribution is 2.06. The van der Waals surface area contributed by atoms with Crippen LogP contribution >= 0.6 is 0 Å². The van der Waals surface area contributed by atoms with E-state index in [1.165, 1.54) is 0 Å². The van der Waals surface area contributed by atoms with Crippen LogP contribution in [0.1, 0.15) is 0 Å². The molecule has 0 radical (unpaired) electrons. The summed E-state index contributed by atoms with van der Waals surface area (Å²) in [6.45, 7) is 0.769. The lowest BCUT2D eigenvalue weighted by Crippen LogP contribution is -2.52. The molecule has 1 heterocycles. The summed E-state index contributed by atoms with van der Waals surface area (Å²) in [6.07, 6.45) is 0. The highest BCUT2D eigenvalue weighted by molar-refractivity contribution is 7.92. The molecule has 0 spiro atoms. The quantitative estimate of drug-likeness (QED) is 0.548. The second-order valence-electron chi connectivity index (χ2n) is 2.48. The Labute approximate surface area is 64.3 Å². The largest absolute Gasteiger partial charge is 0.480 e. The molecule has 0 aromatic carbocycles. The summed E-state index contributed by atoms with van der Waals surface area (Å²) >= 11 is 0. The van der Waals surface area contributed by atoms with E-state index >= 15 is 0 Å². The number of nitrogens with one attached hydrogen (secondary N) is 1. The number of sulfone groups is 1. The van der Waals surface area contributed by atoms with Crippen LogP contribution in [0.4, 0.5) is 0 Å². The maximum atomic E-state index is 11.0. The Balaban J connectivity index is 2.59. The minimum atomic E-state index is -3.38. The second kappa shape index (κ2) is 2.78. The van der Waals surface area contributed by atoms with E-state index in [9.17, 15) is 13.2 Å². The zero-order valence-electron chi connectivity index (χ0n) is 5.78. The first kappa shape index (κ1) is 8.48. The van der Waals surface area contributed by atoms with Crippen molar-refractivity contribution < 1.29 is 18.3 Å². The average Bonchev–Trinajstić information content (AvgIpc) is 1.50. The van der Waals surface area contributed by atoms with E-state index in [1.54, 1.807) is 0 Å². The Morgan fingerprint density at radius 1 is 1.55 bits per heavy atom. The van der Waals surface area contributed by atoms with Gasteiger partial charge in [-0.2, -0.15) is 0 Å². The Morgan fingerprint density at radius 3 is 2.36 bits per heavy atom. The number of carbonyl (C=O) groups is 1. The third-order valence-corrected chi connectivity index (χ3v) is 3.57. The van der Waals surface area contributed by atoms with Crippen LogP contribution < -0.4 is 5.32 Å². The maximum Gasteiger partial charge on any atom is 0.318 e. The van der Waals surface area contributed by atoms with Crippen LogP contribution in [0, 0.1) is 0 Å². The van der Waals surface area contributed by atoms with E-state index in [0.29, 0.717) is 13.1 Å². The van der Waals surface area contributed by atoms with Crippen LogP contribution in [0.3, 0.4) is 0 Å². The molecule has 1 aliphatic rings. The van der Waals surface area contributed by atoms with Crippen molar-refractivity contribution in [2.75, 3.05) is 18.8 Å². The van der Waals surface area contributed by atoms with Crippen molar-refractivity contribution in [3.63, 3.8) is 0 Å². The van der Waals surface area contributed by atoms with Gasteiger partial charge in [0.15, 0.2) is 9.84 Å². The molecule has 0 aliphatic carbocycles. The van der Waals surface area contributed by atoms with Crippen molar-refractivity contribution in [1.82, 2.24) is 5.32 Å². The maximum absolute atomic E-state index is 11.0. The number of aliphatic carboxylic acids is 1. The predicted octanol–water partition coefficient (Wildman–Crippen LogP) is -1.54. The van der Waals surface area contributed by atoms with Gasteiger partial charge in [-0.25, -0.2) is 8.42 Å². The molecule has 64 valence electrons. The van der Waals surface area contributed by atoms with Gasteiger partial charge in [-0.05, 0) is 0 Å². The molecule has 6 heteroatoms. The lowest BCUT2D eigenvalue weighted by Gasteiger charge is -2.25. The van der Waals surface area contributed by atoms with Crippen LogP contribution in [0.2, 0.25) is 0 Å². The number of hydrogen-bond acceptors (Lipinski definition) is 4. The molecule has 0 saturated carbocycles. The molecule has 1 fully saturated rings. The molecule has 11 heavy (non-hydrogen) atoms. The van der Waals surface area contributed by atoms with Crippen molar-refractivity contribution in [3.05, 3.63) is 0 Å². The molecule has 5 nitrogen and oxygen atoms in total. The summed E-state index contributed by atoms with van der Waals surface area (Å²) in [5.74, 6) is -2.03. The molecule has 1 rings (SSSR count). The third-order valence-electron chi connectivity index (χ3n) is 1.58. The molecule has 2 N–H and O–H groups in total. The Morgan fingerprint density at radius 2 is 2.09 bits per heavy atom. The standard InChI is InChI=1S/C5H9NO4S/c7-5(8)3-11(9,10)4-1-6-2-4/h4,6H,1-3H2,(H,7,8). The van der Waals surface area contributed by atoms with Crippen molar-refractivity contribution in [2.45, 2.75) is 5.25 Å². The smallest absolute Gasteiger partial charge is 0.318 e. The first-order valence-electron chi connectivity index (χ1n) is 3.16. The van der Waals surface area contributed by atoms with Crippen LogP contribution in [0.5, 0.6) is 0 Å².